The second-order valence-electron chi connectivity index (χ2n) is 5.39. The van der Waals surface area contributed by atoms with Gasteiger partial charge in [-0.25, -0.2) is 0 Å². The van der Waals surface area contributed by atoms with Crippen LogP contribution >= 0.6 is 0 Å². The second-order valence-corrected chi connectivity index (χ2v) is 5.39. The normalized spacial score (nSPS) is 24.9. The minimum Gasteiger partial charge on any atom is -0.368 e. The molecular weight excluding hydrogens is 216 g/mol. The molecule has 1 aliphatic carbocycles. The van der Waals surface area contributed by atoms with Crippen LogP contribution in [0.2, 0.25) is 0 Å². The van der Waals surface area contributed by atoms with Crippen LogP contribution in [0.4, 0.5) is 0 Å². The maximum Gasteiger partial charge on any atom is 0.246 e. The summed E-state index contributed by atoms with van der Waals surface area (Å²) >= 11 is 0. The molecule has 1 fully saturated rings. The van der Waals surface area contributed by atoms with E-state index in [1.807, 2.05) is 0 Å². The summed E-state index contributed by atoms with van der Waals surface area (Å²) < 4.78 is 5.58. The molecule has 1 amide bonds. The molecule has 2 unspecified atom stereocenters. The molecule has 0 saturated heterocycles. The van der Waals surface area contributed by atoms with Crippen LogP contribution in [-0.4, -0.2) is 31.2 Å². The fourth-order valence-corrected chi connectivity index (χ4v) is 2.08. The van der Waals surface area contributed by atoms with Gasteiger partial charge in [-0.3, -0.25) is 4.79 Å². The minimum atomic E-state index is -0.00945. The minimum absolute atomic E-state index is 0.00945. The van der Waals surface area contributed by atoms with E-state index in [0.717, 1.165) is 38.6 Å². The lowest BCUT2D eigenvalue weighted by Gasteiger charge is -2.26. The van der Waals surface area contributed by atoms with Gasteiger partial charge >= 0.3 is 0 Å². The molecule has 1 saturated carbocycles. The average Bonchev–Trinajstić information content (AvgIpc) is 2.26. The fourth-order valence-electron chi connectivity index (χ4n) is 2.08. The maximum absolute atomic E-state index is 11.5. The Morgan fingerprint density at radius 3 is 2.88 bits per heavy atom. The average molecular weight is 242 g/mol. The van der Waals surface area contributed by atoms with E-state index in [9.17, 15) is 4.79 Å². The zero-order valence-electron chi connectivity index (χ0n) is 11.1. The van der Waals surface area contributed by atoms with Gasteiger partial charge in [0.05, 0.1) is 6.10 Å². The van der Waals surface area contributed by atoms with E-state index >= 15 is 0 Å². The summed E-state index contributed by atoms with van der Waals surface area (Å²) in [6, 6.07) is 0.248. The quantitative estimate of drug-likeness (QED) is 0.740. The zero-order valence-corrected chi connectivity index (χ0v) is 11.1. The topological polar surface area (TPSA) is 64.3 Å². The van der Waals surface area contributed by atoms with Gasteiger partial charge in [0.15, 0.2) is 0 Å². The number of carbonyl (C=O) groups is 1. The van der Waals surface area contributed by atoms with Gasteiger partial charge in [-0.1, -0.05) is 13.8 Å². The van der Waals surface area contributed by atoms with Crippen molar-refractivity contribution in [3.63, 3.8) is 0 Å². The molecule has 0 aromatic heterocycles. The first-order valence-corrected chi connectivity index (χ1v) is 6.71. The van der Waals surface area contributed by atoms with Crippen molar-refractivity contribution in [3.8, 4) is 0 Å². The monoisotopic (exact) mass is 242 g/mol. The molecule has 0 aromatic rings. The third kappa shape index (κ3) is 6.64. The van der Waals surface area contributed by atoms with Crippen molar-refractivity contribution in [2.75, 3.05) is 13.2 Å². The summed E-state index contributed by atoms with van der Waals surface area (Å²) in [4.78, 5) is 11.5. The van der Waals surface area contributed by atoms with Gasteiger partial charge < -0.3 is 15.8 Å². The lowest BCUT2D eigenvalue weighted by Crippen LogP contribution is -2.35. The molecule has 1 aliphatic rings. The summed E-state index contributed by atoms with van der Waals surface area (Å²) in [5.41, 5.74) is 5.86. The Balaban J connectivity index is 2.06. The van der Waals surface area contributed by atoms with Crippen molar-refractivity contribution in [2.24, 2.45) is 11.7 Å². The molecule has 4 heteroatoms. The van der Waals surface area contributed by atoms with E-state index < -0.39 is 0 Å². The largest absolute Gasteiger partial charge is 0.368 e. The molecule has 0 aliphatic heterocycles. The van der Waals surface area contributed by atoms with E-state index in [1.165, 1.54) is 0 Å². The van der Waals surface area contributed by atoms with Gasteiger partial charge in [-0.05, 0) is 38.0 Å². The van der Waals surface area contributed by atoms with Gasteiger partial charge in [-0.15, -0.1) is 0 Å². The van der Waals surface area contributed by atoms with Crippen LogP contribution < -0.4 is 11.1 Å². The Hall–Kier alpha value is -0.610. The van der Waals surface area contributed by atoms with Crippen molar-refractivity contribution in [2.45, 2.75) is 58.1 Å². The predicted octanol–water partition coefficient (Wildman–Crippen LogP) is 1.44. The highest BCUT2D eigenvalue weighted by Crippen LogP contribution is 2.19. The van der Waals surface area contributed by atoms with Crippen molar-refractivity contribution < 1.29 is 9.53 Å². The molecular formula is C13H26N2O2. The Morgan fingerprint density at radius 2 is 2.24 bits per heavy atom. The van der Waals surface area contributed by atoms with Crippen molar-refractivity contribution in [3.05, 3.63) is 0 Å². The van der Waals surface area contributed by atoms with Gasteiger partial charge in [0, 0.05) is 12.6 Å². The van der Waals surface area contributed by atoms with Gasteiger partial charge in [0.25, 0.3) is 0 Å². The number of rotatable bonds is 6. The standard InChI is InChI=1S/C13H26N2O2/c1-10(2)6-7-15-13(16)9-17-12-5-3-4-11(14)8-12/h10-12H,3-9,14H2,1-2H3,(H,15,16). The predicted molar refractivity (Wildman–Crippen MR) is 68.6 cm³/mol. The van der Waals surface area contributed by atoms with Gasteiger partial charge in [0.2, 0.25) is 5.91 Å². The molecule has 2 atom stereocenters. The van der Waals surface area contributed by atoms with Crippen LogP contribution in [0.15, 0.2) is 0 Å². The molecule has 100 valence electrons. The van der Waals surface area contributed by atoms with Gasteiger partial charge in [0.1, 0.15) is 6.61 Å². The summed E-state index contributed by atoms with van der Waals surface area (Å²) in [5.74, 6) is 0.609. The van der Waals surface area contributed by atoms with Crippen molar-refractivity contribution in [1.82, 2.24) is 5.32 Å². The number of ether oxygens (including phenoxy) is 1. The van der Waals surface area contributed by atoms with E-state index in [0.29, 0.717) is 5.92 Å². The molecule has 0 aromatic carbocycles. The number of amides is 1. The Morgan fingerprint density at radius 1 is 1.47 bits per heavy atom. The molecule has 1 rings (SSSR count). The van der Waals surface area contributed by atoms with Gasteiger partial charge in [-0.2, -0.15) is 0 Å². The lowest BCUT2D eigenvalue weighted by atomic mass is 9.94. The molecule has 0 radical (unpaired) electrons. The first-order valence-electron chi connectivity index (χ1n) is 6.71. The summed E-state index contributed by atoms with van der Waals surface area (Å²) in [6.45, 7) is 5.21. The SMILES string of the molecule is CC(C)CCNC(=O)COC1CCCC(N)C1. The highest BCUT2D eigenvalue weighted by molar-refractivity contribution is 5.77. The number of hydrogen-bond donors (Lipinski definition) is 2. The van der Waals surface area contributed by atoms with E-state index in [4.69, 9.17) is 10.5 Å². The third-order valence-electron chi connectivity index (χ3n) is 3.16. The summed E-state index contributed by atoms with van der Waals surface area (Å²) in [6.07, 6.45) is 5.31. The van der Waals surface area contributed by atoms with Crippen LogP contribution in [0, 0.1) is 5.92 Å². The summed E-state index contributed by atoms with van der Waals surface area (Å²) in [7, 11) is 0. The Labute approximate surface area is 104 Å². The molecule has 0 spiro atoms. The molecule has 0 heterocycles. The first-order chi connectivity index (χ1) is 8.08. The second kappa shape index (κ2) is 7.67. The van der Waals surface area contributed by atoms with Crippen LogP contribution in [-0.2, 0) is 9.53 Å². The molecule has 3 N–H and O–H groups in total. The maximum atomic E-state index is 11.5. The highest BCUT2D eigenvalue weighted by Gasteiger charge is 2.20. The van der Waals surface area contributed by atoms with Crippen molar-refractivity contribution >= 4 is 5.91 Å². The van der Waals surface area contributed by atoms with Crippen molar-refractivity contribution in [1.29, 1.82) is 0 Å². The van der Waals surface area contributed by atoms with Crippen LogP contribution in [0.1, 0.15) is 46.0 Å². The van der Waals surface area contributed by atoms with Crippen LogP contribution in [0.25, 0.3) is 0 Å². The zero-order chi connectivity index (χ0) is 12.7. The smallest absolute Gasteiger partial charge is 0.246 e. The molecule has 0 bridgehead atoms. The molecule has 17 heavy (non-hydrogen) atoms. The number of nitrogens with one attached hydrogen (secondary N) is 1. The number of hydrogen-bond acceptors (Lipinski definition) is 3. The third-order valence-corrected chi connectivity index (χ3v) is 3.16. The fraction of sp³-hybridized carbons (Fsp3) is 0.923. The lowest BCUT2D eigenvalue weighted by molar-refractivity contribution is -0.128. The first kappa shape index (κ1) is 14.5. The Bertz CT molecular complexity index is 231. The molecule has 4 nitrogen and oxygen atoms in total. The van der Waals surface area contributed by atoms with E-state index in [2.05, 4.69) is 19.2 Å². The van der Waals surface area contributed by atoms with E-state index in [1.54, 1.807) is 0 Å². The van der Waals surface area contributed by atoms with E-state index in [-0.39, 0.29) is 24.7 Å². The summed E-state index contributed by atoms with van der Waals surface area (Å²) in [5, 5.41) is 2.87. The Kier molecular flexibility index (Phi) is 6.52. The number of nitrogens with two attached hydrogens (primary N) is 1. The van der Waals surface area contributed by atoms with Crippen LogP contribution in [0.3, 0.4) is 0 Å². The highest BCUT2D eigenvalue weighted by atomic mass is 16.5. The number of carbonyl (C=O) groups excluding carboxylic acids is 1. The van der Waals surface area contributed by atoms with Crippen LogP contribution in [0.5, 0.6) is 0 Å².